The van der Waals surface area contributed by atoms with Crippen LogP contribution >= 0.6 is 11.6 Å². The molecule has 0 aliphatic carbocycles. The van der Waals surface area contributed by atoms with Crippen molar-refractivity contribution in [1.82, 2.24) is 0 Å². The number of allylic oxidation sites excluding steroid dienone is 1. The summed E-state index contributed by atoms with van der Waals surface area (Å²) in [5.74, 6) is 0.114. The molecule has 0 aliphatic rings. The average Bonchev–Trinajstić information content (AvgIpc) is 2.03. The highest BCUT2D eigenvalue weighted by atomic mass is 35.5. The standard InChI is InChI=1S/C9H7ClO2/c10-9-6-8(12)4-3-7(9)2-1-5-11/h1-6,12H/b2-1+. The van der Waals surface area contributed by atoms with E-state index in [1.54, 1.807) is 12.1 Å². The molecule has 0 spiro atoms. The number of hydrogen-bond donors (Lipinski definition) is 1. The van der Waals surface area contributed by atoms with E-state index in [-0.39, 0.29) is 5.75 Å². The molecule has 12 heavy (non-hydrogen) atoms. The molecule has 1 aromatic carbocycles. The molecule has 3 heteroatoms. The number of phenols is 1. The molecule has 1 rings (SSSR count). The molecule has 62 valence electrons. The van der Waals surface area contributed by atoms with Crippen LogP contribution in [0.15, 0.2) is 24.3 Å². The monoisotopic (exact) mass is 182 g/mol. The molecule has 0 saturated carbocycles. The quantitative estimate of drug-likeness (QED) is 0.563. The molecule has 0 unspecified atom stereocenters. The lowest BCUT2D eigenvalue weighted by atomic mass is 10.2. The smallest absolute Gasteiger partial charge is 0.142 e. The van der Waals surface area contributed by atoms with Crippen LogP contribution in [0, 0.1) is 0 Å². The lowest BCUT2D eigenvalue weighted by Crippen LogP contribution is -1.74. The van der Waals surface area contributed by atoms with Gasteiger partial charge >= 0.3 is 0 Å². The second-order valence-corrected chi connectivity index (χ2v) is 2.61. The average molecular weight is 183 g/mol. The molecule has 0 radical (unpaired) electrons. The van der Waals surface area contributed by atoms with Crippen LogP contribution in [0.4, 0.5) is 0 Å². The first-order chi connectivity index (χ1) is 5.74. The summed E-state index contributed by atoms with van der Waals surface area (Å²) >= 11 is 5.74. The zero-order chi connectivity index (χ0) is 8.97. The molecular weight excluding hydrogens is 176 g/mol. The molecule has 0 atom stereocenters. The molecule has 2 nitrogen and oxygen atoms in total. The van der Waals surface area contributed by atoms with Gasteiger partial charge in [-0.3, -0.25) is 4.79 Å². The summed E-state index contributed by atoms with van der Waals surface area (Å²) in [5, 5.41) is 9.41. The summed E-state index contributed by atoms with van der Waals surface area (Å²) in [4.78, 5) is 9.98. The van der Waals surface area contributed by atoms with Crippen molar-refractivity contribution in [2.45, 2.75) is 0 Å². The zero-order valence-corrected chi connectivity index (χ0v) is 6.95. The minimum absolute atomic E-state index is 0.114. The van der Waals surface area contributed by atoms with Gasteiger partial charge in [-0.25, -0.2) is 0 Å². The third kappa shape index (κ3) is 2.10. The summed E-state index contributed by atoms with van der Waals surface area (Å²) in [5.41, 5.74) is 0.710. The number of carbonyl (C=O) groups excluding carboxylic acids is 1. The van der Waals surface area contributed by atoms with Gasteiger partial charge in [0.2, 0.25) is 0 Å². The van der Waals surface area contributed by atoms with E-state index >= 15 is 0 Å². The van der Waals surface area contributed by atoms with Crippen LogP contribution in [0.1, 0.15) is 5.56 Å². The molecule has 0 aliphatic heterocycles. The van der Waals surface area contributed by atoms with Crippen LogP contribution in [0.25, 0.3) is 6.08 Å². The van der Waals surface area contributed by atoms with Crippen LogP contribution in [0.3, 0.4) is 0 Å². The molecule has 1 aromatic rings. The van der Waals surface area contributed by atoms with Crippen LogP contribution in [0.5, 0.6) is 5.75 Å². The third-order valence-corrected chi connectivity index (χ3v) is 1.67. The van der Waals surface area contributed by atoms with E-state index < -0.39 is 0 Å². The minimum atomic E-state index is 0.114. The highest BCUT2D eigenvalue weighted by Crippen LogP contribution is 2.22. The molecule has 0 saturated heterocycles. The van der Waals surface area contributed by atoms with Gasteiger partial charge in [0.05, 0.1) is 5.02 Å². The first-order valence-corrected chi connectivity index (χ1v) is 3.72. The van der Waals surface area contributed by atoms with E-state index in [0.717, 1.165) is 0 Å². The number of aldehydes is 1. The molecule has 0 heterocycles. The number of halogens is 1. The van der Waals surface area contributed by atoms with Crippen LogP contribution < -0.4 is 0 Å². The van der Waals surface area contributed by atoms with Gasteiger partial charge in [-0.15, -0.1) is 0 Å². The number of benzene rings is 1. The van der Waals surface area contributed by atoms with Crippen molar-refractivity contribution in [3.63, 3.8) is 0 Å². The maximum atomic E-state index is 9.98. The van der Waals surface area contributed by atoms with Gasteiger partial charge in [-0.1, -0.05) is 17.7 Å². The number of phenolic OH excluding ortho intramolecular Hbond substituents is 1. The lowest BCUT2D eigenvalue weighted by Gasteiger charge is -1.97. The van der Waals surface area contributed by atoms with Gasteiger partial charge in [0, 0.05) is 0 Å². The number of hydrogen-bond acceptors (Lipinski definition) is 2. The maximum Gasteiger partial charge on any atom is 0.142 e. The number of rotatable bonds is 2. The molecular formula is C9H7ClO2. The Kier molecular flexibility index (Phi) is 2.88. The largest absolute Gasteiger partial charge is 0.508 e. The predicted octanol–water partition coefficient (Wildman–Crippen LogP) is 2.26. The molecule has 0 aromatic heterocycles. The van der Waals surface area contributed by atoms with Crippen LogP contribution in [0.2, 0.25) is 5.02 Å². The predicted molar refractivity (Wildman–Crippen MR) is 48.2 cm³/mol. The minimum Gasteiger partial charge on any atom is -0.508 e. The highest BCUT2D eigenvalue weighted by Gasteiger charge is 1.96. The van der Waals surface area contributed by atoms with Crippen molar-refractivity contribution in [3.8, 4) is 5.75 Å². The number of carbonyl (C=O) groups is 1. The van der Waals surface area contributed by atoms with Gasteiger partial charge < -0.3 is 5.11 Å². The van der Waals surface area contributed by atoms with E-state index in [1.165, 1.54) is 18.2 Å². The van der Waals surface area contributed by atoms with E-state index in [4.69, 9.17) is 16.7 Å². The summed E-state index contributed by atoms with van der Waals surface area (Å²) in [6.45, 7) is 0. The van der Waals surface area contributed by atoms with Gasteiger partial charge in [0.25, 0.3) is 0 Å². The van der Waals surface area contributed by atoms with Crippen LogP contribution in [-0.4, -0.2) is 11.4 Å². The third-order valence-electron chi connectivity index (χ3n) is 1.34. The normalized spacial score (nSPS) is 10.4. The second kappa shape index (κ2) is 3.93. The van der Waals surface area contributed by atoms with Crippen molar-refractivity contribution in [2.24, 2.45) is 0 Å². The topological polar surface area (TPSA) is 37.3 Å². The van der Waals surface area contributed by atoms with Gasteiger partial charge in [-0.2, -0.15) is 0 Å². The Morgan fingerprint density at radius 1 is 1.42 bits per heavy atom. The Hall–Kier alpha value is -1.28. The Bertz CT molecular complexity index is 318. The fourth-order valence-corrected chi connectivity index (χ4v) is 1.03. The first kappa shape index (κ1) is 8.81. The Balaban J connectivity index is 3.01. The van der Waals surface area contributed by atoms with Crippen molar-refractivity contribution in [2.75, 3.05) is 0 Å². The Labute approximate surface area is 75.1 Å². The molecule has 0 fully saturated rings. The molecule has 1 N–H and O–H groups in total. The first-order valence-electron chi connectivity index (χ1n) is 3.34. The van der Waals surface area contributed by atoms with E-state index in [9.17, 15) is 4.79 Å². The number of aromatic hydroxyl groups is 1. The zero-order valence-electron chi connectivity index (χ0n) is 6.20. The summed E-state index contributed by atoms with van der Waals surface area (Å²) in [7, 11) is 0. The van der Waals surface area contributed by atoms with Crippen LogP contribution in [-0.2, 0) is 4.79 Å². The van der Waals surface area contributed by atoms with E-state index in [0.29, 0.717) is 16.9 Å². The van der Waals surface area contributed by atoms with E-state index in [2.05, 4.69) is 0 Å². The van der Waals surface area contributed by atoms with Gasteiger partial charge in [-0.05, 0) is 29.8 Å². The highest BCUT2D eigenvalue weighted by molar-refractivity contribution is 6.32. The van der Waals surface area contributed by atoms with Crippen molar-refractivity contribution < 1.29 is 9.90 Å². The SMILES string of the molecule is O=C/C=C/c1ccc(O)cc1Cl. The summed E-state index contributed by atoms with van der Waals surface area (Å²) in [6, 6.07) is 4.57. The lowest BCUT2D eigenvalue weighted by molar-refractivity contribution is -0.104. The van der Waals surface area contributed by atoms with Crippen molar-refractivity contribution >= 4 is 24.0 Å². The van der Waals surface area contributed by atoms with Crippen molar-refractivity contribution in [1.29, 1.82) is 0 Å². The van der Waals surface area contributed by atoms with Crippen molar-refractivity contribution in [3.05, 3.63) is 34.9 Å². The summed E-state index contributed by atoms with van der Waals surface area (Å²) in [6.07, 6.45) is 3.59. The second-order valence-electron chi connectivity index (χ2n) is 2.20. The molecule has 0 amide bonds. The van der Waals surface area contributed by atoms with E-state index in [1.807, 2.05) is 0 Å². The Morgan fingerprint density at radius 2 is 2.17 bits per heavy atom. The van der Waals surface area contributed by atoms with Gasteiger partial charge in [0.15, 0.2) is 0 Å². The summed E-state index contributed by atoms with van der Waals surface area (Å²) < 4.78 is 0. The fourth-order valence-electron chi connectivity index (χ4n) is 0.794. The molecule has 0 bridgehead atoms. The fraction of sp³-hybridized carbons (Fsp3) is 0. The Morgan fingerprint density at radius 3 is 2.75 bits per heavy atom. The van der Waals surface area contributed by atoms with Gasteiger partial charge in [0.1, 0.15) is 12.0 Å². The maximum absolute atomic E-state index is 9.98.